The maximum atomic E-state index is 11.6. The molecule has 0 radical (unpaired) electrons. The van der Waals surface area contributed by atoms with Crippen LogP contribution < -0.4 is 10.6 Å². The lowest BCUT2D eigenvalue weighted by atomic mass is 10.2. The van der Waals surface area contributed by atoms with Gasteiger partial charge in [-0.2, -0.15) is 0 Å². The Bertz CT molecular complexity index is 446. The molecule has 1 aromatic carbocycles. The minimum Gasteiger partial charge on any atom is -0.478 e. The van der Waals surface area contributed by atoms with Crippen molar-refractivity contribution in [2.24, 2.45) is 0 Å². The van der Waals surface area contributed by atoms with E-state index in [0.29, 0.717) is 13.2 Å². The second-order valence-corrected chi connectivity index (χ2v) is 4.15. The van der Waals surface area contributed by atoms with Gasteiger partial charge in [-0.1, -0.05) is 12.1 Å². The topological polar surface area (TPSA) is 87.7 Å². The van der Waals surface area contributed by atoms with Crippen LogP contribution >= 0.6 is 0 Å². The van der Waals surface area contributed by atoms with Crippen molar-refractivity contribution in [3.8, 4) is 0 Å². The van der Waals surface area contributed by atoms with Crippen molar-refractivity contribution in [3.05, 3.63) is 29.8 Å². The monoisotopic (exact) mass is 266 g/mol. The zero-order valence-corrected chi connectivity index (χ0v) is 11.0. The number of para-hydroxylation sites is 1. The van der Waals surface area contributed by atoms with Gasteiger partial charge in [-0.05, 0) is 26.0 Å². The molecule has 0 spiro atoms. The van der Waals surface area contributed by atoms with Crippen LogP contribution in [0.4, 0.5) is 10.5 Å². The summed E-state index contributed by atoms with van der Waals surface area (Å²) in [4.78, 5) is 22.5. The highest BCUT2D eigenvalue weighted by Gasteiger charge is 2.10. The average molecular weight is 266 g/mol. The van der Waals surface area contributed by atoms with Crippen molar-refractivity contribution in [1.29, 1.82) is 0 Å². The van der Waals surface area contributed by atoms with Gasteiger partial charge in [0.1, 0.15) is 0 Å². The molecule has 1 rings (SSSR count). The number of hydrogen-bond donors (Lipinski definition) is 3. The van der Waals surface area contributed by atoms with E-state index in [4.69, 9.17) is 9.84 Å². The van der Waals surface area contributed by atoms with E-state index in [0.717, 1.165) is 0 Å². The number of anilines is 1. The van der Waals surface area contributed by atoms with E-state index in [-0.39, 0.29) is 17.4 Å². The van der Waals surface area contributed by atoms with E-state index in [1.54, 1.807) is 12.1 Å². The number of benzene rings is 1. The number of carbonyl (C=O) groups excluding carboxylic acids is 1. The fourth-order valence-corrected chi connectivity index (χ4v) is 1.40. The average Bonchev–Trinajstić information content (AvgIpc) is 2.35. The predicted octanol–water partition coefficient (Wildman–Crippen LogP) is 1.93. The van der Waals surface area contributed by atoms with Crippen LogP contribution in [0.15, 0.2) is 24.3 Å². The fourth-order valence-electron chi connectivity index (χ4n) is 1.40. The summed E-state index contributed by atoms with van der Waals surface area (Å²) in [5.41, 5.74) is 0.313. The van der Waals surface area contributed by atoms with E-state index >= 15 is 0 Å². The molecule has 0 unspecified atom stereocenters. The van der Waals surface area contributed by atoms with Crippen LogP contribution in [0.2, 0.25) is 0 Å². The van der Waals surface area contributed by atoms with Gasteiger partial charge in [0.15, 0.2) is 0 Å². The first-order valence-electron chi connectivity index (χ1n) is 5.99. The number of urea groups is 1. The first-order chi connectivity index (χ1) is 9.00. The summed E-state index contributed by atoms with van der Waals surface area (Å²) in [7, 11) is 0. The summed E-state index contributed by atoms with van der Waals surface area (Å²) in [6.07, 6.45) is 0.109. The van der Waals surface area contributed by atoms with Gasteiger partial charge in [-0.15, -0.1) is 0 Å². The molecule has 0 aliphatic rings. The molecule has 0 aliphatic heterocycles. The van der Waals surface area contributed by atoms with Gasteiger partial charge in [0.2, 0.25) is 0 Å². The van der Waals surface area contributed by atoms with Gasteiger partial charge in [0.05, 0.1) is 24.0 Å². The summed E-state index contributed by atoms with van der Waals surface area (Å²) < 4.78 is 5.27. The lowest BCUT2D eigenvalue weighted by Crippen LogP contribution is -2.32. The van der Waals surface area contributed by atoms with Crippen molar-refractivity contribution in [3.63, 3.8) is 0 Å². The Kier molecular flexibility index (Phi) is 5.81. The largest absolute Gasteiger partial charge is 0.478 e. The SMILES string of the molecule is CC(C)OCCNC(=O)Nc1ccccc1C(=O)O. The zero-order valence-electron chi connectivity index (χ0n) is 11.0. The van der Waals surface area contributed by atoms with Crippen molar-refractivity contribution in [2.45, 2.75) is 20.0 Å². The number of aromatic carboxylic acids is 1. The number of carboxylic acid groups (broad SMARTS) is 1. The van der Waals surface area contributed by atoms with Gasteiger partial charge in [-0.3, -0.25) is 0 Å². The van der Waals surface area contributed by atoms with E-state index in [1.807, 2.05) is 13.8 Å². The van der Waals surface area contributed by atoms with Crippen LogP contribution in [0, 0.1) is 0 Å². The molecule has 2 amide bonds. The molecule has 0 aromatic heterocycles. The minimum atomic E-state index is -1.08. The number of amides is 2. The van der Waals surface area contributed by atoms with E-state index < -0.39 is 12.0 Å². The van der Waals surface area contributed by atoms with Crippen LogP contribution in [0.1, 0.15) is 24.2 Å². The van der Waals surface area contributed by atoms with Crippen LogP contribution in [-0.2, 0) is 4.74 Å². The number of carbonyl (C=O) groups is 2. The minimum absolute atomic E-state index is 0.0519. The maximum Gasteiger partial charge on any atom is 0.337 e. The molecular weight excluding hydrogens is 248 g/mol. The first-order valence-corrected chi connectivity index (χ1v) is 5.99. The van der Waals surface area contributed by atoms with Crippen LogP contribution in [-0.4, -0.2) is 36.4 Å². The van der Waals surface area contributed by atoms with E-state index in [9.17, 15) is 9.59 Å². The van der Waals surface area contributed by atoms with Crippen molar-refractivity contribution < 1.29 is 19.4 Å². The van der Waals surface area contributed by atoms with Gasteiger partial charge < -0.3 is 20.5 Å². The molecular formula is C13H18N2O4. The second kappa shape index (κ2) is 7.38. The maximum absolute atomic E-state index is 11.6. The third-order valence-electron chi connectivity index (χ3n) is 2.24. The van der Waals surface area contributed by atoms with Crippen molar-refractivity contribution in [1.82, 2.24) is 5.32 Å². The van der Waals surface area contributed by atoms with Gasteiger partial charge in [-0.25, -0.2) is 9.59 Å². The molecule has 0 saturated carbocycles. The molecule has 0 saturated heterocycles. The zero-order chi connectivity index (χ0) is 14.3. The Morgan fingerprint density at radius 2 is 2.00 bits per heavy atom. The molecule has 0 bridgehead atoms. The number of hydrogen-bond acceptors (Lipinski definition) is 3. The molecule has 0 atom stereocenters. The molecule has 0 aliphatic carbocycles. The third-order valence-corrected chi connectivity index (χ3v) is 2.24. The number of carboxylic acids is 1. The summed E-state index contributed by atoms with van der Waals surface area (Å²) >= 11 is 0. The van der Waals surface area contributed by atoms with Crippen molar-refractivity contribution >= 4 is 17.7 Å². The fraction of sp³-hybridized carbons (Fsp3) is 0.385. The number of ether oxygens (including phenoxy) is 1. The molecule has 6 nitrogen and oxygen atoms in total. The highest BCUT2D eigenvalue weighted by atomic mass is 16.5. The molecule has 0 fully saturated rings. The van der Waals surface area contributed by atoms with E-state index in [1.165, 1.54) is 12.1 Å². The summed E-state index contributed by atoms with van der Waals surface area (Å²) in [5, 5.41) is 14.0. The lowest BCUT2D eigenvalue weighted by Gasteiger charge is -2.11. The Morgan fingerprint density at radius 1 is 1.32 bits per heavy atom. The third kappa shape index (κ3) is 5.39. The highest BCUT2D eigenvalue weighted by molar-refractivity contribution is 5.99. The van der Waals surface area contributed by atoms with Gasteiger partial charge in [0.25, 0.3) is 0 Å². The van der Waals surface area contributed by atoms with Crippen LogP contribution in [0.25, 0.3) is 0 Å². The standard InChI is InChI=1S/C13H18N2O4/c1-9(2)19-8-7-14-13(18)15-11-6-4-3-5-10(11)12(16)17/h3-6,9H,7-8H2,1-2H3,(H,16,17)(H2,14,15,18). The molecule has 1 aromatic rings. The Morgan fingerprint density at radius 3 is 2.63 bits per heavy atom. The van der Waals surface area contributed by atoms with Gasteiger partial charge in [0, 0.05) is 6.54 Å². The van der Waals surface area contributed by atoms with Crippen molar-refractivity contribution in [2.75, 3.05) is 18.5 Å². The Balaban J connectivity index is 2.46. The Hall–Kier alpha value is -2.08. The van der Waals surface area contributed by atoms with Crippen LogP contribution in [0.3, 0.4) is 0 Å². The second-order valence-electron chi connectivity index (χ2n) is 4.15. The molecule has 19 heavy (non-hydrogen) atoms. The predicted molar refractivity (Wildman–Crippen MR) is 71.5 cm³/mol. The number of nitrogens with one attached hydrogen (secondary N) is 2. The summed E-state index contributed by atoms with van der Waals surface area (Å²) in [6.45, 7) is 4.58. The van der Waals surface area contributed by atoms with Gasteiger partial charge >= 0.3 is 12.0 Å². The molecule has 3 N–H and O–H groups in total. The smallest absolute Gasteiger partial charge is 0.337 e. The summed E-state index contributed by atoms with van der Waals surface area (Å²) in [6, 6.07) is 5.77. The van der Waals surface area contributed by atoms with E-state index in [2.05, 4.69) is 10.6 Å². The van der Waals surface area contributed by atoms with Crippen LogP contribution in [0.5, 0.6) is 0 Å². The molecule has 104 valence electrons. The molecule has 0 heterocycles. The summed E-state index contributed by atoms with van der Waals surface area (Å²) in [5.74, 6) is -1.08. The lowest BCUT2D eigenvalue weighted by molar-refractivity contribution is 0.0698. The molecule has 6 heteroatoms. The highest BCUT2D eigenvalue weighted by Crippen LogP contribution is 2.14. The Labute approximate surface area is 111 Å². The quantitative estimate of drug-likeness (QED) is 0.686. The normalized spacial score (nSPS) is 10.3. The first kappa shape index (κ1) is 15.0. The number of rotatable bonds is 6.